The summed E-state index contributed by atoms with van der Waals surface area (Å²) in [6.45, 7) is 2.79. The molecule has 0 unspecified atom stereocenters. The highest BCUT2D eigenvalue weighted by molar-refractivity contribution is 5.97. The first-order valence-corrected chi connectivity index (χ1v) is 6.83. The molecule has 106 valence electrons. The van der Waals surface area contributed by atoms with Crippen molar-refractivity contribution in [2.45, 2.75) is 6.92 Å². The fourth-order valence-corrected chi connectivity index (χ4v) is 2.35. The van der Waals surface area contributed by atoms with Crippen molar-refractivity contribution in [2.75, 3.05) is 18.1 Å². The lowest BCUT2D eigenvalue weighted by atomic mass is 10.1. The summed E-state index contributed by atoms with van der Waals surface area (Å²) in [6, 6.07) is 9.28. The number of aromatic nitrogens is 2. The standard InChI is InChI=1S/C16H15N3O2/c1-2-21-16(20)13-7-3-4-8-14(13)19-11-5-6-12-9-10-17-18-15(12)19/h3-10H,2,11H2,1H3. The number of rotatable bonds is 3. The fraction of sp³-hybridized carbons (Fsp3) is 0.188. The molecule has 2 heterocycles. The molecule has 21 heavy (non-hydrogen) atoms. The van der Waals surface area contributed by atoms with Crippen LogP contribution in [-0.4, -0.2) is 29.3 Å². The SMILES string of the molecule is CCOC(=O)c1ccccc1N1CC=Cc2ccnnc21. The summed E-state index contributed by atoms with van der Waals surface area (Å²) in [7, 11) is 0. The van der Waals surface area contributed by atoms with Gasteiger partial charge in [0, 0.05) is 12.1 Å². The number of anilines is 2. The van der Waals surface area contributed by atoms with E-state index in [1.807, 2.05) is 41.3 Å². The lowest BCUT2D eigenvalue weighted by Crippen LogP contribution is -2.24. The third-order valence-corrected chi connectivity index (χ3v) is 3.26. The molecule has 1 aliphatic rings. The Kier molecular flexibility index (Phi) is 3.64. The van der Waals surface area contributed by atoms with Crippen molar-refractivity contribution < 1.29 is 9.53 Å². The quantitative estimate of drug-likeness (QED) is 0.810. The van der Waals surface area contributed by atoms with Crippen molar-refractivity contribution in [3.8, 4) is 0 Å². The van der Waals surface area contributed by atoms with Crippen LogP contribution in [0.15, 0.2) is 42.6 Å². The van der Waals surface area contributed by atoms with Gasteiger partial charge in [-0.05, 0) is 25.1 Å². The molecular formula is C16H15N3O2. The largest absolute Gasteiger partial charge is 0.462 e. The van der Waals surface area contributed by atoms with Crippen LogP contribution < -0.4 is 4.90 Å². The predicted octanol–water partition coefficient (Wildman–Crippen LogP) is 2.82. The van der Waals surface area contributed by atoms with Crippen LogP contribution >= 0.6 is 0 Å². The predicted molar refractivity (Wildman–Crippen MR) is 80.5 cm³/mol. The van der Waals surface area contributed by atoms with Gasteiger partial charge in [0.05, 0.1) is 24.1 Å². The van der Waals surface area contributed by atoms with Crippen molar-refractivity contribution in [1.29, 1.82) is 0 Å². The van der Waals surface area contributed by atoms with E-state index in [1.165, 1.54) is 0 Å². The van der Waals surface area contributed by atoms with Crippen LogP contribution in [0.2, 0.25) is 0 Å². The zero-order valence-corrected chi connectivity index (χ0v) is 11.7. The zero-order chi connectivity index (χ0) is 14.7. The Morgan fingerprint density at radius 3 is 3.05 bits per heavy atom. The van der Waals surface area contributed by atoms with Gasteiger partial charge in [0.1, 0.15) is 0 Å². The molecule has 1 aliphatic heterocycles. The van der Waals surface area contributed by atoms with Gasteiger partial charge in [0.15, 0.2) is 5.82 Å². The summed E-state index contributed by atoms with van der Waals surface area (Å²) in [6.07, 6.45) is 5.70. The first kappa shape index (κ1) is 13.3. The molecule has 0 bridgehead atoms. The van der Waals surface area contributed by atoms with Crippen molar-refractivity contribution in [3.63, 3.8) is 0 Å². The Balaban J connectivity index is 2.06. The van der Waals surface area contributed by atoms with Gasteiger partial charge < -0.3 is 9.64 Å². The number of para-hydroxylation sites is 1. The average Bonchev–Trinajstić information content (AvgIpc) is 2.54. The van der Waals surface area contributed by atoms with Gasteiger partial charge in [0.2, 0.25) is 0 Å². The summed E-state index contributed by atoms with van der Waals surface area (Å²) in [5.74, 6) is 0.421. The van der Waals surface area contributed by atoms with E-state index >= 15 is 0 Å². The smallest absolute Gasteiger partial charge is 0.340 e. The Labute approximate surface area is 122 Å². The molecule has 0 saturated carbocycles. The maximum Gasteiger partial charge on any atom is 0.340 e. The zero-order valence-electron chi connectivity index (χ0n) is 11.7. The van der Waals surface area contributed by atoms with Crippen LogP contribution in [0.25, 0.3) is 6.08 Å². The normalized spacial score (nSPS) is 12.9. The van der Waals surface area contributed by atoms with Gasteiger partial charge in [-0.15, -0.1) is 5.10 Å². The molecule has 0 amide bonds. The molecule has 1 aromatic carbocycles. The second-order valence-corrected chi connectivity index (χ2v) is 4.56. The first-order valence-electron chi connectivity index (χ1n) is 6.83. The van der Waals surface area contributed by atoms with E-state index in [2.05, 4.69) is 10.2 Å². The number of hydrogen-bond donors (Lipinski definition) is 0. The lowest BCUT2D eigenvalue weighted by molar-refractivity contribution is 0.0527. The molecule has 0 fully saturated rings. The van der Waals surface area contributed by atoms with E-state index in [4.69, 9.17) is 4.74 Å². The summed E-state index contributed by atoms with van der Waals surface area (Å²) >= 11 is 0. The number of hydrogen-bond acceptors (Lipinski definition) is 5. The van der Waals surface area contributed by atoms with E-state index in [-0.39, 0.29) is 5.97 Å². The molecule has 0 radical (unpaired) electrons. The Morgan fingerprint density at radius 2 is 2.19 bits per heavy atom. The van der Waals surface area contributed by atoms with Crippen molar-refractivity contribution in [2.24, 2.45) is 0 Å². The van der Waals surface area contributed by atoms with Gasteiger partial charge in [0.25, 0.3) is 0 Å². The van der Waals surface area contributed by atoms with Gasteiger partial charge in [-0.3, -0.25) is 0 Å². The van der Waals surface area contributed by atoms with Crippen LogP contribution in [0.1, 0.15) is 22.8 Å². The number of carbonyl (C=O) groups is 1. The molecule has 5 nitrogen and oxygen atoms in total. The van der Waals surface area contributed by atoms with Crippen LogP contribution in [-0.2, 0) is 4.74 Å². The number of benzene rings is 1. The Hall–Kier alpha value is -2.69. The van der Waals surface area contributed by atoms with Gasteiger partial charge in [-0.25, -0.2) is 4.79 Å². The molecular weight excluding hydrogens is 266 g/mol. The minimum absolute atomic E-state index is 0.326. The molecule has 5 heteroatoms. The highest BCUT2D eigenvalue weighted by Crippen LogP contribution is 2.32. The minimum atomic E-state index is -0.326. The number of carbonyl (C=O) groups excluding carboxylic acids is 1. The van der Waals surface area contributed by atoms with E-state index in [1.54, 1.807) is 19.2 Å². The maximum absolute atomic E-state index is 12.1. The lowest BCUT2D eigenvalue weighted by Gasteiger charge is -2.27. The molecule has 0 atom stereocenters. The van der Waals surface area contributed by atoms with E-state index in [9.17, 15) is 4.79 Å². The van der Waals surface area contributed by atoms with Crippen molar-refractivity contribution in [1.82, 2.24) is 10.2 Å². The van der Waals surface area contributed by atoms with E-state index in [0.29, 0.717) is 18.7 Å². The highest BCUT2D eigenvalue weighted by Gasteiger charge is 2.22. The molecule has 0 spiro atoms. The molecule has 2 aromatic rings. The molecule has 0 aliphatic carbocycles. The molecule has 1 aromatic heterocycles. The van der Waals surface area contributed by atoms with Crippen molar-refractivity contribution in [3.05, 3.63) is 53.7 Å². The van der Waals surface area contributed by atoms with E-state index < -0.39 is 0 Å². The minimum Gasteiger partial charge on any atom is -0.462 e. The summed E-state index contributed by atoms with van der Waals surface area (Å²) in [5, 5.41) is 8.14. The number of fused-ring (bicyclic) bond motifs is 1. The molecule has 0 saturated heterocycles. The topological polar surface area (TPSA) is 55.3 Å². The molecule has 0 N–H and O–H groups in total. The molecule has 3 rings (SSSR count). The van der Waals surface area contributed by atoms with Gasteiger partial charge >= 0.3 is 5.97 Å². The Morgan fingerprint density at radius 1 is 1.33 bits per heavy atom. The average molecular weight is 281 g/mol. The highest BCUT2D eigenvalue weighted by atomic mass is 16.5. The number of ether oxygens (including phenoxy) is 1. The van der Waals surface area contributed by atoms with Crippen LogP contribution in [0.3, 0.4) is 0 Å². The van der Waals surface area contributed by atoms with Crippen molar-refractivity contribution >= 4 is 23.6 Å². The first-order chi connectivity index (χ1) is 10.3. The fourth-order valence-electron chi connectivity index (χ4n) is 2.35. The van der Waals surface area contributed by atoms with Crippen LogP contribution in [0.4, 0.5) is 11.5 Å². The Bertz CT molecular complexity index is 697. The monoisotopic (exact) mass is 281 g/mol. The van der Waals surface area contributed by atoms with Crippen LogP contribution in [0, 0.1) is 0 Å². The number of esters is 1. The van der Waals surface area contributed by atoms with E-state index in [0.717, 1.165) is 17.1 Å². The second-order valence-electron chi connectivity index (χ2n) is 4.56. The van der Waals surface area contributed by atoms with Crippen LogP contribution in [0.5, 0.6) is 0 Å². The van der Waals surface area contributed by atoms with Gasteiger partial charge in [-0.2, -0.15) is 5.10 Å². The summed E-state index contributed by atoms with van der Waals surface area (Å²) < 4.78 is 5.13. The second kappa shape index (κ2) is 5.75. The third-order valence-electron chi connectivity index (χ3n) is 3.26. The summed E-state index contributed by atoms with van der Waals surface area (Å²) in [5.41, 5.74) is 2.29. The van der Waals surface area contributed by atoms with Gasteiger partial charge in [-0.1, -0.05) is 24.3 Å². The number of nitrogens with zero attached hydrogens (tertiary/aromatic N) is 3. The maximum atomic E-state index is 12.1. The summed E-state index contributed by atoms with van der Waals surface area (Å²) in [4.78, 5) is 14.1. The third kappa shape index (κ3) is 2.50.